The summed E-state index contributed by atoms with van der Waals surface area (Å²) in [7, 11) is 1.75. The summed E-state index contributed by atoms with van der Waals surface area (Å²) < 4.78 is 0. The Bertz CT molecular complexity index is 218. The van der Waals surface area contributed by atoms with Gasteiger partial charge in [-0.3, -0.25) is 5.32 Å². The molecule has 0 saturated carbocycles. The maximum Gasteiger partial charge on any atom is 0.342 e. The monoisotopic (exact) mass is 136 g/mol. The second kappa shape index (κ2) is 3.13. The quantitative estimate of drug-likeness (QED) is 0.580. The van der Waals surface area contributed by atoms with E-state index in [1.807, 2.05) is 30.3 Å². The minimum Gasteiger partial charge on any atom is -0.281 e. The maximum atomic E-state index is 11.0. The molecule has 0 radical (unpaired) electrons. The Morgan fingerprint density at radius 2 is 1.90 bits per heavy atom. The number of rotatable bonds is 1. The lowest BCUT2D eigenvalue weighted by atomic mass is 10.2. The zero-order valence-electron chi connectivity index (χ0n) is 5.87. The van der Waals surface area contributed by atoms with Gasteiger partial charge in [-0.1, -0.05) is 18.2 Å². The predicted octanol–water partition coefficient (Wildman–Crippen LogP) is 0.0200. The van der Waals surface area contributed by atoms with Crippen molar-refractivity contribution in [2.75, 3.05) is 7.05 Å². The lowest BCUT2D eigenvalue weighted by Crippen LogP contribution is -2.83. The number of amides is 1. The smallest absolute Gasteiger partial charge is 0.281 e. The molecule has 0 aliphatic carbocycles. The summed E-state index contributed by atoms with van der Waals surface area (Å²) in [5, 5.41) is 1.56. The lowest BCUT2D eigenvalue weighted by molar-refractivity contribution is -0.523. The van der Waals surface area contributed by atoms with Crippen molar-refractivity contribution in [2.24, 2.45) is 0 Å². The molecule has 0 saturated heterocycles. The van der Waals surface area contributed by atoms with E-state index in [9.17, 15) is 4.79 Å². The Hall–Kier alpha value is -1.15. The number of hydrogen-bond donors (Lipinski definition) is 1. The number of benzene rings is 1. The molecule has 0 heterocycles. The van der Waals surface area contributed by atoms with Crippen molar-refractivity contribution in [2.45, 2.75) is 0 Å². The van der Waals surface area contributed by atoms with E-state index >= 15 is 0 Å². The van der Waals surface area contributed by atoms with Crippen LogP contribution < -0.4 is 5.32 Å². The molecule has 2 heteroatoms. The van der Waals surface area contributed by atoms with E-state index in [4.69, 9.17) is 0 Å². The van der Waals surface area contributed by atoms with Gasteiger partial charge in [-0.05, 0) is 12.1 Å². The molecule has 10 heavy (non-hydrogen) atoms. The van der Waals surface area contributed by atoms with Crippen LogP contribution in [0.4, 0.5) is 0 Å². The summed E-state index contributed by atoms with van der Waals surface area (Å²) in [5.41, 5.74) is 0.755. The second-order valence-electron chi connectivity index (χ2n) is 2.02. The molecule has 2 N–H and O–H groups in total. The zero-order valence-corrected chi connectivity index (χ0v) is 5.87. The standard InChI is InChI=1S/C8H9NO/c1-9-8(10)7-5-3-2-4-6-7/h2-6H,1H3,(H,9,10)/p+1. The Labute approximate surface area is 59.9 Å². The van der Waals surface area contributed by atoms with Crippen molar-refractivity contribution in [1.82, 2.24) is 0 Å². The van der Waals surface area contributed by atoms with Crippen LogP contribution in [-0.2, 0) is 0 Å². The minimum atomic E-state index is 0.0839. The first-order valence-corrected chi connectivity index (χ1v) is 3.23. The Morgan fingerprint density at radius 1 is 1.30 bits per heavy atom. The van der Waals surface area contributed by atoms with Gasteiger partial charge in [0.1, 0.15) is 0 Å². The molecule has 2 nitrogen and oxygen atoms in total. The van der Waals surface area contributed by atoms with Gasteiger partial charge in [0, 0.05) is 0 Å². The average molecular weight is 136 g/mol. The predicted molar refractivity (Wildman–Crippen MR) is 38.6 cm³/mol. The summed E-state index contributed by atoms with van der Waals surface area (Å²) in [6.07, 6.45) is 0. The molecular formula is C8H10NO+. The highest BCUT2D eigenvalue weighted by molar-refractivity contribution is 5.86. The molecule has 0 unspecified atom stereocenters. The number of hydrogen-bond acceptors (Lipinski definition) is 1. The molecule has 0 spiro atoms. The van der Waals surface area contributed by atoms with Gasteiger partial charge in [0.05, 0.1) is 12.6 Å². The largest absolute Gasteiger partial charge is 0.342 e. The second-order valence-corrected chi connectivity index (χ2v) is 2.02. The van der Waals surface area contributed by atoms with Gasteiger partial charge in [-0.2, -0.15) is 0 Å². The molecule has 0 bridgehead atoms. The summed E-state index contributed by atoms with van der Waals surface area (Å²) in [6, 6.07) is 9.23. The van der Waals surface area contributed by atoms with Gasteiger partial charge in [-0.15, -0.1) is 0 Å². The van der Waals surface area contributed by atoms with Crippen LogP contribution in [0.2, 0.25) is 0 Å². The number of carbonyl (C=O) groups is 1. The van der Waals surface area contributed by atoms with Crippen LogP contribution in [0.3, 0.4) is 0 Å². The van der Waals surface area contributed by atoms with Gasteiger partial charge in [0.25, 0.3) is 0 Å². The van der Waals surface area contributed by atoms with Crippen molar-refractivity contribution in [3.63, 3.8) is 0 Å². The molecule has 0 aliphatic rings. The molecule has 1 amide bonds. The van der Waals surface area contributed by atoms with Gasteiger partial charge in [-0.25, -0.2) is 4.79 Å². The SMILES string of the molecule is C[NH2+]C(=O)c1ccccc1. The molecule has 0 aliphatic heterocycles. The van der Waals surface area contributed by atoms with Crippen LogP contribution in [-0.4, -0.2) is 13.0 Å². The van der Waals surface area contributed by atoms with Gasteiger partial charge in [0.2, 0.25) is 0 Å². The third-order valence-corrected chi connectivity index (χ3v) is 1.32. The summed E-state index contributed by atoms with van der Waals surface area (Å²) >= 11 is 0. The van der Waals surface area contributed by atoms with E-state index in [2.05, 4.69) is 0 Å². The van der Waals surface area contributed by atoms with Crippen LogP contribution in [0.15, 0.2) is 30.3 Å². The summed E-state index contributed by atoms with van der Waals surface area (Å²) in [5.74, 6) is 0.0839. The van der Waals surface area contributed by atoms with E-state index in [-0.39, 0.29) is 5.91 Å². The highest BCUT2D eigenvalue weighted by atomic mass is 16.1. The van der Waals surface area contributed by atoms with Gasteiger partial charge in [0.15, 0.2) is 0 Å². The third-order valence-electron chi connectivity index (χ3n) is 1.32. The van der Waals surface area contributed by atoms with Gasteiger partial charge >= 0.3 is 5.91 Å². The normalized spacial score (nSPS) is 9.30. The molecule has 0 atom stereocenters. The van der Waals surface area contributed by atoms with E-state index in [1.165, 1.54) is 0 Å². The molecule has 52 valence electrons. The van der Waals surface area contributed by atoms with Crippen LogP contribution >= 0.6 is 0 Å². The molecule has 0 aromatic heterocycles. The fraction of sp³-hybridized carbons (Fsp3) is 0.125. The molecular weight excluding hydrogens is 126 g/mol. The zero-order chi connectivity index (χ0) is 7.40. The first-order chi connectivity index (χ1) is 4.84. The van der Waals surface area contributed by atoms with Gasteiger partial charge < -0.3 is 0 Å². The first-order valence-electron chi connectivity index (χ1n) is 3.23. The number of quaternary nitrogens is 1. The van der Waals surface area contributed by atoms with Crippen LogP contribution in [0.25, 0.3) is 0 Å². The molecule has 1 aromatic carbocycles. The number of carbonyl (C=O) groups excluding carboxylic acids is 1. The summed E-state index contributed by atoms with van der Waals surface area (Å²) in [4.78, 5) is 11.0. The Balaban J connectivity index is 2.85. The summed E-state index contributed by atoms with van der Waals surface area (Å²) in [6.45, 7) is 0. The highest BCUT2D eigenvalue weighted by Gasteiger charge is 2.03. The van der Waals surface area contributed by atoms with Crippen molar-refractivity contribution in [3.05, 3.63) is 35.9 Å². The molecule has 0 fully saturated rings. The minimum absolute atomic E-state index is 0.0839. The van der Waals surface area contributed by atoms with E-state index in [0.717, 1.165) is 5.56 Å². The highest BCUT2D eigenvalue weighted by Crippen LogP contribution is 1.94. The Kier molecular flexibility index (Phi) is 2.18. The van der Waals surface area contributed by atoms with E-state index in [0.29, 0.717) is 0 Å². The van der Waals surface area contributed by atoms with Crippen molar-refractivity contribution < 1.29 is 10.1 Å². The lowest BCUT2D eigenvalue weighted by Gasteiger charge is -1.91. The Morgan fingerprint density at radius 3 is 2.40 bits per heavy atom. The first kappa shape index (κ1) is 6.96. The molecule has 1 rings (SSSR count). The van der Waals surface area contributed by atoms with Crippen molar-refractivity contribution in [1.29, 1.82) is 0 Å². The number of nitrogens with two attached hydrogens (primary N) is 1. The van der Waals surface area contributed by atoms with Crippen LogP contribution in [0.1, 0.15) is 10.4 Å². The topological polar surface area (TPSA) is 33.7 Å². The fourth-order valence-corrected chi connectivity index (χ4v) is 0.769. The fourth-order valence-electron chi connectivity index (χ4n) is 0.769. The van der Waals surface area contributed by atoms with Crippen LogP contribution in [0.5, 0.6) is 0 Å². The van der Waals surface area contributed by atoms with Crippen molar-refractivity contribution in [3.8, 4) is 0 Å². The molecule has 1 aromatic rings. The average Bonchev–Trinajstić information content (AvgIpc) is 2.05. The van der Waals surface area contributed by atoms with E-state index in [1.54, 1.807) is 12.4 Å². The third kappa shape index (κ3) is 1.42. The van der Waals surface area contributed by atoms with Crippen LogP contribution in [0, 0.1) is 0 Å². The maximum absolute atomic E-state index is 11.0. The van der Waals surface area contributed by atoms with E-state index < -0.39 is 0 Å². The van der Waals surface area contributed by atoms with Crippen molar-refractivity contribution >= 4 is 5.91 Å². The number of primary amides is 1.